The van der Waals surface area contributed by atoms with Crippen LogP contribution in [-0.4, -0.2) is 20.0 Å². The van der Waals surface area contributed by atoms with Gasteiger partial charge >= 0.3 is 0 Å². The van der Waals surface area contributed by atoms with E-state index in [2.05, 4.69) is 4.98 Å². The number of aromatic amines is 1. The van der Waals surface area contributed by atoms with E-state index in [0.717, 1.165) is 25.0 Å². The van der Waals surface area contributed by atoms with Crippen LogP contribution >= 0.6 is 0 Å². The highest BCUT2D eigenvalue weighted by atomic mass is 32.2. The van der Waals surface area contributed by atoms with Crippen molar-refractivity contribution >= 4 is 20.9 Å². The van der Waals surface area contributed by atoms with Gasteiger partial charge in [0.1, 0.15) is 10.7 Å². The lowest BCUT2D eigenvalue weighted by Crippen LogP contribution is -2.11. The predicted octanol–water partition coefficient (Wildman–Crippen LogP) is 3.55. The summed E-state index contributed by atoms with van der Waals surface area (Å²) < 4.78 is 57.2. The van der Waals surface area contributed by atoms with E-state index in [1.54, 1.807) is 6.07 Å². The SMILES string of the molecule is NS(=O)(=O)c1c[nH]c2cc(-c3cc(F)c(OCC4CC4)cc3F)ccc12. The first-order valence-corrected chi connectivity index (χ1v) is 9.64. The lowest BCUT2D eigenvalue weighted by atomic mass is 10.0. The second kappa shape index (κ2) is 6.07. The number of rotatable bonds is 5. The van der Waals surface area contributed by atoms with E-state index in [9.17, 15) is 17.2 Å². The second-order valence-electron chi connectivity index (χ2n) is 6.48. The Kier molecular flexibility index (Phi) is 3.96. The number of H-pyrrole nitrogens is 1. The second-order valence-corrected chi connectivity index (χ2v) is 8.00. The van der Waals surface area contributed by atoms with Crippen LogP contribution in [0.3, 0.4) is 0 Å². The van der Waals surface area contributed by atoms with E-state index in [1.165, 1.54) is 18.3 Å². The summed E-state index contributed by atoms with van der Waals surface area (Å²) in [6.45, 7) is 0.389. The van der Waals surface area contributed by atoms with Gasteiger partial charge in [0, 0.05) is 28.7 Å². The Labute approximate surface area is 148 Å². The van der Waals surface area contributed by atoms with Crippen LogP contribution in [0, 0.1) is 17.6 Å². The van der Waals surface area contributed by atoms with Gasteiger partial charge in [0.05, 0.1) is 6.61 Å². The van der Waals surface area contributed by atoms with E-state index in [-0.39, 0.29) is 16.2 Å². The first-order chi connectivity index (χ1) is 12.3. The summed E-state index contributed by atoms with van der Waals surface area (Å²) in [5.41, 5.74) is 0.931. The molecule has 1 fully saturated rings. The van der Waals surface area contributed by atoms with Gasteiger partial charge in [-0.05, 0) is 36.5 Å². The summed E-state index contributed by atoms with van der Waals surface area (Å²) in [5.74, 6) is -0.926. The molecular formula is C18H16F2N2O3S. The van der Waals surface area contributed by atoms with Crippen LogP contribution in [0.15, 0.2) is 41.4 Å². The standard InChI is InChI=1S/C18H16F2N2O3S/c19-14-7-17(25-9-10-1-2-10)15(20)6-13(14)11-3-4-12-16(5-11)22-8-18(12)26(21,23)24/h3-8,10,22H,1-2,9H2,(H2,21,23,24). The average molecular weight is 378 g/mol. The molecule has 0 aliphatic heterocycles. The molecule has 4 rings (SSSR count). The van der Waals surface area contributed by atoms with Crippen LogP contribution < -0.4 is 9.88 Å². The minimum absolute atomic E-state index is 0.0467. The fourth-order valence-corrected chi connectivity index (χ4v) is 3.56. The van der Waals surface area contributed by atoms with Crippen molar-refractivity contribution in [3.8, 4) is 16.9 Å². The number of benzene rings is 2. The number of fused-ring (bicyclic) bond motifs is 1. The van der Waals surface area contributed by atoms with Gasteiger partial charge in [-0.2, -0.15) is 0 Å². The minimum atomic E-state index is -3.87. The topological polar surface area (TPSA) is 85.2 Å². The molecule has 0 radical (unpaired) electrons. The van der Waals surface area contributed by atoms with Crippen molar-refractivity contribution in [2.75, 3.05) is 6.61 Å². The summed E-state index contributed by atoms with van der Waals surface area (Å²) in [7, 11) is -3.87. The zero-order valence-electron chi connectivity index (χ0n) is 13.6. The Morgan fingerprint density at radius 1 is 1.15 bits per heavy atom. The average Bonchev–Trinajstić information content (AvgIpc) is 3.30. The summed E-state index contributed by atoms with van der Waals surface area (Å²) in [5, 5.41) is 5.55. The van der Waals surface area contributed by atoms with Gasteiger partial charge in [-0.15, -0.1) is 0 Å². The number of nitrogens with one attached hydrogen (secondary N) is 1. The lowest BCUT2D eigenvalue weighted by Gasteiger charge is -2.10. The maximum atomic E-state index is 14.5. The zero-order chi connectivity index (χ0) is 18.5. The molecule has 1 heterocycles. The van der Waals surface area contributed by atoms with E-state index in [4.69, 9.17) is 9.88 Å². The van der Waals surface area contributed by atoms with Crippen LogP contribution in [0.5, 0.6) is 5.75 Å². The highest BCUT2D eigenvalue weighted by molar-refractivity contribution is 7.89. The van der Waals surface area contributed by atoms with Gasteiger partial charge < -0.3 is 9.72 Å². The number of primary sulfonamides is 1. The molecule has 3 N–H and O–H groups in total. The number of hydrogen-bond donors (Lipinski definition) is 2. The molecule has 0 bridgehead atoms. The van der Waals surface area contributed by atoms with E-state index in [1.807, 2.05) is 0 Å². The fraction of sp³-hybridized carbons (Fsp3) is 0.222. The van der Waals surface area contributed by atoms with Gasteiger partial charge in [0.25, 0.3) is 0 Å². The van der Waals surface area contributed by atoms with Crippen molar-refractivity contribution < 1.29 is 21.9 Å². The smallest absolute Gasteiger partial charge is 0.240 e. The molecule has 0 unspecified atom stereocenters. The van der Waals surface area contributed by atoms with Crippen LogP contribution in [0.1, 0.15) is 12.8 Å². The van der Waals surface area contributed by atoms with Crippen molar-refractivity contribution in [2.45, 2.75) is 17.7 Å². The lowest BCUT2D eigenvalue weighted by molar-refractivity contribution is 0.284. The maximum absolute atomic E-state index is 14.5. The molecule has 1 aromatic heterocycles. The van der Waals surface area contributed by atoms with E-state index >= 15 is 0 Å². The van der Waals surface area contributed by atoms with Crippen molar-refractivity contribution in [1.82, 2.24) is 4.98 Å². The Morgan fingerprint density at radius 2 is 1.92 bits per heavy atom. The predicted molar refractivity (Wildman–Crippen MR) is 93.2 cm³/mol. The van der Waals surface area contributed by atoms with Gasteiger partial charge in [0.15, 0.2) is 11.6 Å². The summed E-state index contributed by atoms with van der Waals surface area (Å²) in [6, 6.07) is 6.71. The van der Waals surface area contributed by atoms with Crippen LogP contribution in [0.25, 0.3) is 22.0 Å². The molecule has 2 aromatic carbocycles. The Balaban J connectivity index is 1.71. The summed E-state index contributed by atoms with van der Waals surface area (Å²) in [6.07, 6.45) is 3.38. The monoisotopic (exact) mass is 378 g/mol. The molecule has 0 saturated heterocycles. The normalized spacial score (nSPS) is 14.7. The van der Waals surface area contributed by atoms with Crippen molar-refractivity contribution in [3.05, 3.63) is 48.2 Å². The van der Waals surface area contributed by atoms with Crippen LogP contribution in [-0.2, 0) is 10.0 Å². The zero-order valence-corrected chi connectivity index (χ0v) is 14.4. The Bertz CT molecular complexity index is 1110. The molecule has 3 aromatic rings. The molecule has 5 nitrogen and oxygen atoms in total. The summed E-state index contributed by atoms with van der Waals surface area (Å²) >= 11 is 0. The molecule has 0 atom stereocenters. The largest absolute Gasteiger partial charge is 0.490 e. The van der Waals surface area contributed by atoms with Gasteiger partial charge in [0.2, 0.25) is 10.0 Å². The molecule has 1 saturated carbocycles. The van der Waals surface area contributed by atoms with Gasteiger partial charge in [-0.3, -0.25) is 0 Å². The van der Waals surface area contributed by atoms with Crippen LogP contribution in [0.2, 0.25) is 0 Å². The third-order valence-corrected chi connectivity index (χ3v) is 5.41. The highest BCUT2D eigenvalue weighted by Gasteiger charge is 2.23. The molecule has 8 heteroatoms. The number of halogens is 2. The van der Waals surface area contributed by atoms with Gasteiger partial charge in [-0.1, -0.05) is 12.1 Å². The number of sulfonamides is 1. The third kappa shape index (κ3) is 3.17. The molecule has 0 spiro atoms. The number of ether oxygens (including phenoxy) is 1. The minimum Gasteiger partial charge on any atom is -0.490 e. The molecular weight excluding hydrogens is 362 g/mol. The molecule has 1 aliphatic rings. The van der Waals surface area contributed by atoms with Gasteiger partial charge in [-0.25, -0.2) is 22.3 Å². The maximum Gasteiger partial charge on any atom is 0.240 e. The van der Waals surface area contributed by atoms with Crippen LogP contribution in [0.4, 0.5) is 8.78 Å². The quantitative estimate of drug-likeness (QED) is 0.712. The van der Waals surface area contributed by atoms with Crippen molar-refractivity contribution in [2.24, 2.45) is 11.1 Å². The molecule has 136 valence electrons. The molecule has 26 heavy (non-hydrogen) atoms. The van der Waals surface area contributed by atoms with E-state index < -0.39 is 21.7 Å². The Morgan fingerprint density at radius 3 is 2.62 bits per heavy atom. The highest BCUT2D eigenvalue weighted by Crippen LogP contribution is 2.34. The third-order valence-electron chi connectivity index (χ3n) is 4.45. The fourth-order valence-electron chi connectivity index (χ4n) is 2.86. The summed E-state index contributed by atoms with van der Waals surface area (Å²) in [4.78, 5) is 2.74. The first-order valence-electron chi connectivity index (χ1n) is 8.09. The number of aromatic nitrogens is 1. The van der Waals surface area contributed by atoms with Crippen molar-refractivity contribution in [3.63, 3.8) is 0 Å². The number of hydrogen-bond acceptors (Lipinski definition) is 3. The molecule has 0 amide bonds. The van der Waals surface area contributed by atoms with E-state index in [0.29, 0.717) is 29.0 Å². The van der Waals surface area contributed by atoms with Crippen molar-refractivity contribution in [1.29, 1.82) is 0 Å². The Hall–Kier alpha value is -2.45. The first kappa shape index (κ1) is 17.0. The molecule has 1 aliphatic carbocycles. The number of nitrogens with two attached hydrogens (primary N) is 1.